The molecule has 0 bridgehead atoms. The molecule has 1 N–H and O–H groups in total. The second kappa shape index (κ2) is 4.41. The van der Waals surface area contributed by atoms with E-state index in [0.717, 1.165) is 4.90 Å². The van der Waals surface area contributed by atoms with Crippen molar-refractivity contribution in [3.63, 3.8) is 0 Å². The van der Waals surface area contributed by atoms with Gasteiger partial charge in [-0.15, -0.1) is 0 Å². The van der Waals surface area contributed by atoms with Crippen LogP contribution in [0.25, 0.3) is 0 Å². The summed E-state index contributed by atoms with van der Waals surface area (Å²) >= 11 is 0. The molecule has 21 heavy (non-hydrogen) atoms. The predicted molar refractivity (Wildman–Crippen MR) is 72.3 cm³/mol. The maximum Gasteiger partial charge on any atom is 0.283 e. The topological polar surface area (TPSA) is 101 Å². The quantitative estimate of drug-likeness (QED) is 0.517. The van der Waals surface area contributed by atoms with E-state index < -0.39 is 22.4 Å². The summed E-state index contributed by atoms with van der Waals surface area (Å²) in [6.45, 7) is 0. The van der Waals surface area contributed by atoms with Gasteiger partial charge in [0.05, 0.1) is 16.2 Å². The van der Waals surface area contributed by atoms with Crippen molar-refractivity contribution in [3.05, 3.63) is 63.7 Å². The number of benzene rings is 2. The molecule has 0 atom stereocenters. The van der Waals surface area contributed by atoms with Crippen molar-refractivity contribution >= 4 is 23.2 Å². The largest absolute Gasteiger partial charge is 0.508 e. The number of nitro benzene ring substituents is 1. The summed E-state index contributed by atoms with van der Waals surface area (Å²) in [5, 5.41) is 20.2. The van der Waals surface area contributed by atoms with E-state index in [0.29, 0.717) is 0 Å². The lowest BCUT2D eigenvalue weighted by atomic mass is 10.1. The van der Waals surface area contributed by atoms with Gasteiger partial charge >= 0.3 is 0 Å². The standard InChI is InChI=1S/C14H8N2O5/c17-9-6-4-8(5-7-9)15-13(18)10-2-1-3-11(16(20)21)12(10)14(15)19/h1-7,17H. The molecule has 0 aliphatic carbocycles. The maximum atomic E-state index is 12.4. The smallest absolute Gasteiger partial charge is 0.283 e. The molecule has 1 aliphatic heterocycles. The second-order valence-electron chi connectivity index (χ2n) is 4.42. The molecule has 0 saturated carbocycles. The zero-order valence-electron chi connectivity index (χ0n) is 10.5. The molecule has 0 radical (unpaired) electrons. The van der Waals surface area contributed by atoms with Crippen molar-refractivity contribution in [1.29, 1.82) is 0 Å². The van der Waals surface area contributed by atoms with E-state index in [1.54, 1.807) is 0 Å². The number of hydrogen-bond acceptors (Lipinski definition) is 5. The van der Waals surface area contributed by atoms with E-state index in [4.69, 9.17) is 0 Å². The van der Waals surface area contributed by atoms with Gasteiger partial charge in [0, 0.05) is 6.07 Å². The van der Waals surface area contributed by atoms with Crippen LogP contribution in [0.4, 0.5) is 11.4 Å². The molecular formula is C14H8N2O5. The van der Waals surface area contributed by atoms with Gasteiger partial charge in [0.25, 0.3) is 17.5 Å². The van der Waals surface area contributed by atoms with Crippen LogP contribution in [0.3, 0.4) is 0 Å². The molecule has 3 rings (SSSR count). The van der Waals surface area contributed by atoms with Crippen molar-refractivity contribution in [2.24, 2.45) is 0 Å². The number of phenolic OH excluding ortho intramolecular Hbond substituents is 1. The first-order valence-electron chi connectivity index (χ1n) is 5.96. The van der Waals surface area contributed by atoms with Crippen LogP contribution in [0.15, 0.2) is 42.5 Å². The number of amides is 2. The summed E-state index contributed by atoms with van der Waals surface area (Å²) in [7, 11) is 0. The normalized spacial score (nSPS) is 13.4. The van der Waals surface area contributed by atoms with Crippen LogP contribution >= 0.6 is 0 Å². The number of nitrogens with zero attached hydrogens (tertiary/aromatic N) is 2. The molecule has 1 aliphatic rings. The van der Waals surface area contributed by atoms with Gasteiger partial charge in [-0.2, -0.15) is 0 Å². The van der Waals surface area contributed by atoms with Crippen LogP contribution in [0.2, 0.25) is 0 Å². The monoisotopic (exact) mass is 284 g/mol. The number of phenols is 1. The summed E-state index contributed by atoms with van der Waals surface area (Å²) in [6, 6.07) is 9.36. The fraction of sp³-hybridized carbons (Fsp3) is 0. The second-order valence-corrected chi connectivity index (χ2v) is 4.42. The highest BCUT2D eigenvalue weighted by Crippen LogP contribution is 2.34. The molecule has 2 aromatic rings. The average Bonchev–Trinajstić information content (AvgIpc) is 2.72. The molecule has 0 fully saturated rings. The molecule has 0 saturated heterocycles. The van der Waals surface area contributed by atoms with Crippen molar-refractivity contribution in [1.82, 2.24) is 0 Å². The Balaban J connectivity index is 2.15. The molecule has 0 aromatic heterocycles. The predicted octanol–water partition coefficient (Wildman–Crippen LogP) is 2.10. The molecule has 0 spiro atoms. The Morgan fingerprint density at radius 1 is 1.00 bits per heavy atom. The first-order valence-corrected chi connectivity index (χ1v) is 5.96. The van der Waals surface area contributed by atoms with Crippen LogP contribution in [0.5, 0.6) is 5.75 Å². The van der Waals surface area contributed by atoms with Gasteiger partial charge in [-0.05, 0) is 30.3 Å². The number of carbonyl (C=O) groups excluding carboxylic acids is 2. The Morgan fingerprint density at radius 3 is 2.29 bits per heavy atom. The summed E-state index contributed by atoms with van der Waals surface area (Å²) in [6.07, 6.45) is 0. The van der Waals surface area contributed by atoms with Gasteiger partial charge in [-0.25, -0.2) is 4.90 Å². The minimum Gasteiger partial charge on any atom is -0.508 e. The number of carbonyl (C=O) groups is 2. The zero-order chi connectivity index (χ0) is 15.1. The molecule has 7 nitrogen and oxygen atoms in total. The van der Waals surface area contributed by atoms with E-state index in [1.807, 2.05) is 0 Å². The SMILES string of the molecule is O=C1c2cccc([N+](=O)[O-])c2C(=O)N1c1ccc(O)cc1. The average molecular weight is 284 g/mol. The van der Waals surface area contributed by atoms with Gasteiger partial charge in [-0.3, -0.25) is 19.7 Å². The lowest BCUT2D eigenvalue weighted by Gasteiger charge is -2.13. The molecule has 7 heteroatoms. The number of aromatic hydroxyl groups is 1. The van der Waals surface area contributed by atoms with Crippen LogP contribution in [-0.2, 0) is 0 Å². The highest BCUT2D eigenvalue weighted by Gasteiger charge is 2.41. The zero-order valence-corrected chi connectivity index (χ0v) is 10.5. The van der Waals surface area contributed by atoms with Gasteiger partial charge in [-0.1, -0.05) is 6.07 Å². The Kier molecular flexibility index (Phi) is 2.69. The maximum absolute atomic E-state index is 12.4. The van der Waals surface area contributed by atoms with Crippen molar-refractivity contribution in [3.8, 4) is 5.75 Å². The van der Waals surface area contributed by atoms with Crippen molar-refractivity contribution in [2.45, 2.75) is 0 Å². The van der Waals surface area contributed by atoms with Gasteiger partial charge in [0.2, 0.25) is 0 Å². The van der Waals surface area contributed by atoms with Crippen LogP contribution in [-0.4, -0.2) is 21.8 Å². The van der Waals surface area contributed by atoms with Crippen LogP contribution in [0, 0.1) is 10.1 Å². The van der Waals surface area contributed by atoms with E-state index in [2.05, 4.69) is 0 Å². The van der Waals surface area contributed by atoms with E-state index >= 15 is 0 Å². The highest BCUT2D eigenvalue weighted by atomic mass is 16.6. The molecule has 0 unspecified atom stereocenters. The Morgan fingerprint density at radius 2 is 1.67 bits per heavy atom. The fourth-order valence-electron chi connectivity index (χ4n) is 2.26. The molecule has 104 valence electrons. The first kappa shape index (κ1) is 12.8. The summed E-state index contributed by atoms with van der Waals surface area (Å²) in [4.78, 5) is 35.8. The van der Waals surface area contributed by atoms with Gasteiger partial charge < -0.3 is 5.11 Å². The molecule has 2 amide bonds. The number of nitro groups is 1. The number of rotatable bonds is 2. The minimum absolute atomic E-state index is 0.00211. The number of anilines is 1. The third kappa shape index (κ3) is 1.83. The lowest BCUT2D eigenvalue weighted by molar-refractivity contribution is -0.385. The summed E-state index contributed by atoms with van der Waals surface area (Å²) in [5.74, 6) is -1.38. The van der Waals surface area contributed by atoms with Gasteiger partial charge in [0.15, 0.2) is 0 Å². The third-order valence-corrected chi connectivity index (χ3v) is 3.20. The number of imide groups is 1. The highest BCUT2D eigenvalue weighted by molar-refractivity contribution is 6.35. The Labute approximate surface area is 118 Å². The molecule has 1 heterocycles. The summed E-state index contributed by atoms with van der Waals surface area (Å²) < 4.78 is 0. The molecule has 2 aromatic carbocycles. The van der Waals surface area contributed by atoms with E-state index in [9.17, 15) is 24.8 Å². The van der Waals surface area contributed by atoms with Crippen LogP contribution < -0.4 is 4.90 Å². The number of hydrogen-bond donors (Lipinski definition) is 1. The van der Waals surface area contributed by atoms with Gasteiger partial charge in [0.1, 0.15) is 11.3 Å². The number of fused-ring (bicyclic) bond motifs is 1. The first-order chi connectivity index (χ1) is 10.0. The fourth-order valence-corrected chi connectivity index (χ4v) is 2.26. The van der Waals surface area contributed by atoms with E-state index in [1.165, 1.54) is 42.5 Å². The Bertz CT molecular complexity index is 782. The van der Waals surface area contributed by atoms with E-state index in [-0.39, 0.29) is 22.6 Å². The van der Waals surface area contributed by atoms with Crippen molar-refractivity contribution in [2.75, 3.05) is 4.90 Å². The van der Waals surface area contributed by atoms with Crippen LogP contribution in [0.1, 0.15) is 20.7 Å². The Hall–Kier alpha value is -3.22. The lowest BCUT2D eigenvalue weighted by Crippen LogP contribution is -2.29. The minimum atomic E-state index is -0.743. The summed E-state index contributed by atoms with van der Waals surface area (Å²) in [5.41, 5.74) is -0.358. The van der Waals surface area contributed by atoms with Crippen molar-refractivity contribution < 1.29 is 19.6 Å². The third-order valence-electron chi connectivity index (χ3n) is 3.20. The molecular weight excluding hydrogens is 276 g/mol.